The van der Waals surface area contributed by atoms with Crippen molar-refractivity contribution >= 4 is 43.7 Å². The Kier molecular flexibility index (Phi) is 5.43. The van der Waals surface area contributed by atoms with E-state index in [1.807, 2.05) is 59.3 Å². The van der Waals surface area contributed by atoms with Gasteiger partial charge in [0.1, 0.15) is 5.52 Å². The topological polar surface area (TPSA) is 74.6 Å². The van der Waals surface area contributed by atoms with E-state index in [4.69, 9.17) is 24.5 Å². The van der Waals surface area contributed by atoms with Gasteiger partial charge in [0.15, 0.2) is 17.1 Å². The maximum atomic E-state index is 5.96. The zero-order valence-electron chi connectivity index (χ0n) is 23.5. The van der Waals surface area contributed by atoms with Gasteiger partial charge < -0.3 is 4.42 Å². The molecule has 9 aromatic rings. The van der Waals surface area contributed by atoms with Crippen LogP contribution < -0.4 is 0 Å². The van der Waals surface area contributed by atoms with Crippen LogP contribution in [-0.4, -0.2) is 29.3 Å². The highest BCUT2D eigenvalue weighted by Crippen LogP contribution is 2.37. The summed E-state index contributed by atoms with van der Waals surface area (Å²) in [4.78, 5) is 15.2. The van der Waals surface area contributed by atoms with Gasteiger partial charge in [-0.15, -0.1) is 5.10 Å². The summed E-state index contributed by atoms with van der Waals surface area (Å²) in [5.74, 6) is 1.78. The molecule has 4 aromatic heterocycles. The molecule has 44 heavy (non-hydrogen) atoms. The average Bonchev–Trinajstić information content (AvgIpc) is 3.81. The zero-order valence-corrected chi connectivity index (χ0v) is 23.5. The molecule has 0 bridgehead atoms. The fourth-order valence-corrected chi connectivity index (χ4v) is 6.17. The summed E-state index contributed by atoms with van der Waals surface area (Å²) >= 11 is 0. The number of fused-ring (bicyclic) bond motifs is 6. The molecule has 0 spiro atoms. The normalized spacial score (nSPS) is 11.7. The third kappa shape index (κ3) is 3.83. The third-order valence-electron chi connectivity index (χ3n) is 8.14. The largest absolute Gasteiger partial charge is 0.460 e. The Hall–Kier alpha value is -6.08. The second kappa shape index (κ2) is 9.74. The molecule has 0 aliphatic heterocycles. The lowest BCUT2D eigenvalue weighted by Gasteiger charge is -2.08. The standard InChI is InChI=1S/C37H24N6O/c1-3-11-24(12-4-1)23-42-36(26-14-5-2-6-15-26)40-35(41-42)33-34-29(21-22-44-34)38-37(39-33)43-30-18-10-9-17-28(30)32-27-16-8-7-13-25(27)19-20-31(32)43/h1-22H,23H2. The maximum absolute atomic E-state index is 5.96. The summed E-state index contributed by atoms with van der Waals surface area (Å²) in [5.41, 5.74) is 5.96. The van der Waals surface area contributed by atoms with Crippen molar-refractivity contribution in [2.24, 2.45) is 0 Å². The van der Waals surface area contributed by atoms with E-state index in [0.717, 1.165) is 33.4 Å². The molecule has 0 radical (unpaired) electrons. The Labute approximate surface area is 251 Å². The first-order valence-corrected chi connectivity index (χ1v) is 14.5. The van der Waals surface area contributed by atoms with E-state index < -0.39 is 0 Å². The molecule has 0 aliphatic rings. The van der Waals surface area contributed by atoms with Crippen LogP contribution in [0.15, 0.2) is 138 Å². The summed E-state index contributed by atoms with van der Waals surface area (Å²) in [6, 6.07) is 43.5. The molecule has 0 fully saturated rings. The van der Waals surface area contributed by atoms with Crippen molar-refractivity contribution in [3.05, 3.63) is 139 Å². The number of rotatable bonds is 5. The lowest BCUT2D eigenvalue weighted by molar-refractivity contribution is 0.613. The molecule has 0 N–H and O–H groups in total. The van der Waals surface area contributed by atoms with Crippen LogP contribution >= 0.6 is 0 Å². The Bertz CT molecular complexity index is 2470. The van der Waals surface area contributed by atoms with Crippen LogP contribution in [0.25, 0.3) is 72.5 Å². The quantitative estimate of drug-likeness (QED) is 0.208. The average molecular weight is 569 g/mol. The number of hydrogen-bond donors (Lipinski definition) is 0. The first-order chi connectivity index (χ1) is 21.8. The lowest BCUT2D eigenvalue weighted by atomic mass is 10.0. The molecule has 5 aromatic carbocycles. The summed E-state index contributed by atoms with van der Waals surface area (Å²) in [7, 11) is 0. The molecule has 208 valence electrons. The molecule has 7 heteroatoms. The van der Waals surface area contributed by atoms with Crippen LogP contribution in [0.5, 0.6) is 0 Å². The molecular formula is C37H24N6O. The highest BCUT2D eigenvalue weighted by Gasteiger charge is 2.23. The second-order valence-electron chi connectivity index (χ2n) is 10.8. The smallest absolute Gasteiger partial charge is 0.236 e. The van der Waals surface area contributed by atoms with Crippen LogP contribution in [0.3, 0.4) is 0 Å². The SMILES string of the molecule is c1ccc(Cn2nc(-c3nc(-n4c5ccccc5c5c6ccccc6ccc54)nc4ccoc34)nc2-c2ccccc2)cc1. The van der Waals surface area contributed by atoms with Crippen LogP contribution in [0.2, 0.25) is 0 Å². The van der Waals surface area contributed by atoms with Crippen molar-refractivity contribution in [1.82, 2.24) is 29.3 Å². The highest BCUT2D eigenvalue weighted by atomic mass is 16.3. The number of nitrogens with zero attached hydrogens (tertiary/aromatic N) is 6. The number of hydrogen-bond acceptors (Lipinski definition) is 5. The molecule has 0 saturated heterocycles. The van der Waals surface area contributed by atoms with E-state index in [9.17, 15) is 0 Å². The van der Waals surface area contributed by atoms with Gasteiger partial charge in [0.05, 0.1) is 23.8 Å². The minimum Gasteiger partial charge on any atom is -0.460 e. The van der Waals surface area contributed by atoms with Gasteiger partial charge in [-0.25, -0.2) is 19.6 Å². The Morgan fingerprint density at radius 1 is 0.614 bits per heavy atom. The van der Waals surface area contributed by atoms with Crippen molar-refractivity contribution in [2.75, 3.05) is 0 Å². The van der Waals surface area contributed by atoms with Crippen LogP contribution in [0.1, 0.15) is 5.56 Å². The number of furan rings is 1. The van der Waals surface area contributed by atoms with Gasteiger partial charge in [0, 0.05) is 22.4 Å². The molecule has 4 heterocycles. The minimum absolute atomic E-state index is 0.481. The predicted octanol–water partition coefficient (Wildman–Crippen LogP) is 8.45. The Morgan fingerprint density at radius 3 is 2.23 bits per heavy atom. The van der Waals surface area contributed by atoms with Crippen molar-refractivity contribution in [3.8, 4) is 28.9 Å². The number of benzene rings is 5. The first-order valence-electron chi connectivity index (χ1n) is 14.5. The monoisotopic (exact) mass is 568 g/mol. The van der Waals surface area contributed by atoms with E-state index in [2.05, 4.69) is 77.4 Å². The third-order valence-corrected chi connectivity index (χ3v) is 8.14. The van der Waals surface area contributed by atoms with Gasteiger partial charge >= 0.3 is 0 Å². The van der Waals surface area contributed by atoms with Crippen molar-refractivity contribution in [3.63, 3.8) is 0 Å². The fourth-order valence-electron chi connectivity index (χ4n) is 6.17. The summed E-state index contributed by atoms with van der Waals surface area (Å²) in [6.45, 7) is 0.567. The molecule has 0 aliphatic carbocycles. The maximum Gasteiger partial charge on any atom is 0.236 e. The first kappa shape index (κ1) is 24.5. The van der Waals surface area contributed by atoms with Gasteiger partial charge in [0.2, 0.25) is 11.8 Å². The molecule has 0 unspecified atom stereocenters. The summed E-state index contributed by atoms with van der Waals surface area (Å²) < 4.78 is 10.0. The zero-order chi connectivity index (χ0) is 29.0. The number of aromatic nitrogens is 6. The van der Waals surface area contributed by atoms with Gasteiger partial charge in [-0.3, -0.25) is 4.57 Å². The molecule has 7 nitrogen and oxygen atoms in total. The van der Waals surface area contributed by atoms with Gasteiger partial charge in [-0.2, -0.15) is 0 Å². The second-order valence-corrected chi connectivity index (χ2v) is 10.8. The van der Waals surface area contributed by atoms with Gasteiger partial charge in [-0.1, -0.05) is 109 Å². The molecule has 9 rings (SSSR count). The predicted molar refractivity (Wildman–Crippen MR) is 174 cm³/mol. The lowest BCUT2D eigenvalue weighted by Crippen LogP contribution is -2.05. The van der Waals surface area contributed by atoms with Crippen molar-refractivity contribution < 1.29 is 4.42 Å². The summed E-state index contributed by atoms with van der Waals surface area (Å²) in [6.07, 6.45) is 1.64. The Balaban J connectivity index is 1.30. The molecule has 0 atom stereocenters. The fraction of sp³-hybridized carbons (Fsp3) is 0.0270. The van der Waals surface area contributed by atoms with Gasteiger partial charge in [-0.05, 0) is 28.5 Å². The van der Waals surface area contributed by atoms with E-state index in [0.29, 0.717) is 35.1 Å². The van der Waals surface area contributed by atoms with Crippen LogP contribution in [0.4, 0.5) is 0 Å². The molecule has 0 saturated carbocycles. The van der Waals surface area contributed by atoms with Crippen molar-refractivity contribution in [1.29, 1.82) is 0 Å². The minimum atomic E-state index is 0.481. The van der Waals surface area contributed by atoms with E-state index in [-0.39, 0.29) is 0 Å². The Morgan fingerprint density at radius 2 is 1.36 bits per heavy atom. The van der Waals surface area contributed by atoms with Crippen LogP contribution in [0, 0.1) is 0 Å². The summed E-state index contributed by atoms with van der Waals surface area (Å²) in [5, 5.41) is 9.72. The van der Waals surface area contributed by atoms with E-state index in [1.165, 1.54) is 16.2 Å². The molecular weight excluding hydrogens is 544 g/mol. The van der Waals surface area contributed by atoms with Gasteiger partial charge in [0.25, 0.3) is 0 Å². The van der Waals surface area contributed by atoms with Crippen molar-refractivity contribution in [2.45, 2.75) is 6.54 Å². The van der Waals surface area contributed by atoms with Crippen LogP contribution in [-0.2, 0) is 6.54 Å². The van der Waals surface area contributed by atoms with E-state index >= 15 is 0 Å². The molecule has 0 amide bonds. The van der Waals surface area contributed by atoms with E-state index in [1.54, 1.807) is 6.26 Å². The highest BCUT2D eigenvalue weighted by molar-refractivity contribution is 6.21. The number of para-hydroxylation sites is 1.